The molecule has 0 aromatic carbocycles. The van der Waals surface area contributed by atoms with Crippen molar-refractivity contribution >= 4 is 0 Å². The average Bonchev–Trinajstić information content (AvgIpc) is 2.14. The van der Waals surface area contributed by atoms with Gasteiger partial charge in [-0.15, -0.1) is 0 Å². The van der Waals surface area contributed by atoms with Crippen LogP contribution in [0.25, 0.3) is 0 Å². The molecule has 0 rings (SSSR count). The van der Waals surface area contributed by atoms with Gasteiger partial charge >= 0.3 is 0 Å². The van der Waals surface area contributed by atoms with Crippen molar-refractivity contribution in [1.29, 1.82) is 0 Å². The van der Waals surface area contributed by atoms with Crippen molar-refractivity contribution in [3.8, 4) is 0 Å². The standard InChI is InChI=1S/C14H31N/c1-5-6-7-8-9-10-11-12-13(15)14(2,3)4/h13H,5-12,15H2,1-4H3. The van der Waals surface area contributed by atoms with E-state index in [1.807, 2.05) is 0 Å². The Labute approximate surface area is 96.8 Å². The second kappa shape index (κ2) is 8.15. The van der Waals surface area contributed by atoms with Gasteiger partial charge in [0.15, 0.2) is 0 Å². The van der Waals surface area contributed by atoms with Crippen LogP contribution in [-0.2, 0) is 0 Å². The molecule has 2 N–H and O–H groups in total. The van der Waals surface area contributed by atoms with E-state index in [2.05, 4.69) is 27.7 Å². The number of rotatable bonds is 8. The molecular weight excluding hydrogens is 182 g/mol. The SMILES string of the molecule is CCCCCCCCCC(N)C(C)(C)C. The van der Waals surface area contributed by atoms with Crippen LogP contribution in [0.4, 0.5) is 0 Å². The summed E-state index contributed by atoms with van der Waals surface area (Å²) in [5, 5.41) is 0. The first-order valence-corrected chi connectivity index (χ1v) is 6.74. The highest BCUT2D eigenvalue weighted by atomic mass is 14.7. The summed E-state index contributed by atoms with van der Waals surface area (Å²) >= 11 is 0. The van der Waals surface area contributed by atoms with Crippen LogP contribution in [0.5, 0.6) is 0 Å². The van der Waals surface area contributed by atoms with Crippen LogP contribution in [0.2, 0.25) is 0 Å². The molecule has 0 aromatic rings. The minimum atomic E-state index is 0.280. The van der Waals surface area contributed by atoms with E-state index in [-0.39, 0.29) is 5.41 Å². The molecule has 0 aliphatic rings. The molecule has 1 heteroatoms. The Morgan fingerprint density at radius 3 is 1.80 bits per heavy atom. The minimum Gasteiger partial charge on any atom is -0.327 e. The van der Waals surface area contributed by atoms with Crippen LogP contribution < -0.4 is 5.73 Å². The molecule has 0 fully saturated rings. The largest absolute Gasteiger partial charge is 0.327 e. The minimum absolute atomic E-state index is 0.280. The van der Waals surface area contributed by atoms with Gasteiger partial charge in [-0.25, -0.2) is 0 Å². The van der Waals surface area contributed by atoms with E-state index in [1.165, 1.54) is 51.4 Å². The van der Waals surface area contributed by atoms with Crippen LogP contribution in [0, 0.1) is 5.41 Å². The fourth-order valence-electron chi connectivity index (χ4n) is 1.75. The Kier molecular flexibility index (Phi) is 8.13. The van der Waals surface area contributed by atoms with E-state index in [1.54, 1.807) is 0 Å². The predicted molar refractivity (Wildman–Crippen MR) is 70.0 cm³/mol. The second-order valence-electron chi connectivity index (χ2n) is 5.88. The van der Waals surface area contributed by atoms with E-state index in [0.717, 1.165) is 0 Å². The molecule has 1 atom stereocenters. The third kappa shape index (κ3) is 8.92. The zero-order valence-corrected chi connectivity index (χ0v) is 11.3. The summed E-state index contributed by atoms with van der Waals surface area (Å²) in [6.07, 6.45) is 10.9. The van der Waals surface area contributed by atoms with Crippen molar-refractivity contribution in [2.45, 2.75) is 85.1 Å². The molecule has 0 aromatic heterocycles. The lowest BCUT2D eigenvalue weighted by Gasteiger charge is -2.26. The van der Waals surface area contributed by atoms with Gasteiger partial charge in [-0.3, -0.25) is 0 Å². The van der Waals surface area contributed by atoms with Crippen LogP contribution in [0.15, 0.2) is 0 Å². The summed E-state index contributed by atoms with van der Waals surface area (Å²) in [6, 6.07) is 0.369. The van der Waals surface area contributed by atoms with Gasteiger partial charge < -0.3 is 5.73 Å². The van der Waals surface area contributed by atoms with Gasteiger partial charge in [0.2, 0.25) is 0 Å². The van der Waals surface area contributed by atoms with Crippen LogP contribution >= 0.6 is 0 Å². The maximum absolute atomic E-state index is 6.11. The van der Waals surface area contributed by atoms with E-state index in [4.69, 9.17) is 5.73 Å². The smallest absolute Gasteiger partial charge is 0.00876 e. The van der Waals surface area contributed by atoms with Crippen LogP contribution in [0.3, 0.4) is 0 Å². The first kappa shape index (κ1) is 15.0. The van der Waals surface area contributed by atoms with E-state index < -0.39 is 0 Å². The Hall–Kier alpha value is -0.0400. The summed E-state index contributed by atoms with van der Waals surface area (Å²) < 4.78 is 0. The third-order valence-electron chi connectivity index (χ3n) is 3.23. The second-order valence-corrected chi connectivity index (χ2v) is 5.88. The number of nitrogens with two attached hydrogens (primary N) is 1. The Balaban J connectivity index is 3.24. The molecule has 0 bridgehead atoms. The normalized spacial score (nSPS) is 14.2. The molecule has 0 heterocycles. The highest BCUT2D eigenvalue weighted by molar-refractivity contribution is 4.76. The molecule has 0 saturated carbocycles. The molecule has 0 aliphatic carbocycles. The van der Waals surface area contributed by atoms with Gasteiger partial charge in [-0.1, -0.05) is 72.6 Å². The molecule has 0 saturated heterocycles. The molecule has 15 heavy (non-hydrogen) atoms. The number of hydrogen-bond donors (Lipinski definition) is 1. The quantitative estimate of drug-likeness (QED) is 0.590. The topological polar surface area (TPSA) is 26.0 Å². The highest BCUT2D eigenvalue weighted by Crippen LogP contribution is 2.21. The van der Waals surface area contributed by atoms with Gasteiger partial charge in [0.1, 0.15) is 0 Å². The van der Waals surface area contributed by atoms with Gasteiger partial charge in [0.05, 0.1) is 0 Å². The Morgan fingerprint density at radius 2 is 1.33 bits per heavy atom. The summed E-state index contributed by atoms with van der Waals surface area (Å²) in [5.41, 5.74) is 6.39. The third-order valence-corrected chi connectivity index (χ3v) is 3.23. The fourth-order valence-corrected chi connectivity index (χ4v) is 1.75. The summed E-state index contributed by atoms with van der Waals surface area (Å²) in [6.45, 7) is 8.97. The van der Waals surface area contributed by atoms with Gasteiger partial charge in [0, 0.05) is 6.04 Å². The maximum atomic E-state index is 6.11. The monoisotopic (exact) mass is 213 g/mol. The van der Waals surface area contributed by atoms with Gasteiger partial charge in [-0.05, 0) is 11.8 Å². The lowest BCUT2D eigenvalue weighted by molar-refractivity contribution is 0.298. The van der Waals surface area contributed by atoms with Gasteiger partial charge in [-0.2, -0.15) is 0 Å². The lowest BCUT2D eigenvalue weighted by Crippen LogP contribution is -2.34. The van der Waals surface area contributed by atoms with Crippen molar-refractivity contribution in [3.05, 3.63) is 0 Å². The molecule has 0 amide bonds. The zero-order chi connectivity index (χ0) is 11.7. The van der Waals surface area contributed by atoms with Crippen molar-refractivity contribution in [2.24, 2.45) is 11.1 Å². The summed E-state index contributed by atoms with van der Waals surface area (Å²) in [4.78, 5) is 0. The summed E-state index contributed by atoms with van der Waals surface area (Å²) in [5.74, 6) is 0. The summed E-state index contributed by atoms with van der Waals surface area (Å²) in [7, 11) is 0. The van der Waals surface area contributed by atoms with E-state index >= 15 is 0 Å². The molecule has 1 unspecified atom stereocenters. The molecule has 0 radical (unpaired) electrons. The molecular formula is C14H31N. The van der Waals surface area contributed by atoms with Crippen molar-refractivity contribution < 1.29 is 0 Å². The van der Waals surface area contributed by atoms with Crippen LogP contribution in [0.1, 0.15) is 79.1 Å². The zero-order valence-electron chi connectivity index (χ0n) is 11.3. The van der Waals surface area contributed by atoms with Crippen molar-refractivity contribution in [3.63, 3.8) is 0 Å². The first-order valence-electron chi connectivity index (χ1n) is 6.74. The molecule has 0 spiro atoms. The highest BCUT2D eigenvalue weighted by Gasteiger charge is 2.19. The van der Waals surface area contributed by atoms with E-state index in [0.29, 0.717) is 6.04 Å². The van der Waals surface area contributed by atoms with Crippen molar-refractivity contribution in [2.75, 3.05) is 0 Å². The Bertz CT molecular complexity index is 135. The predicted octanol–water partition coefficient (Wildman–Crippen LogP) is 4.50. The Morgan fingerprint density at radius 1 is 0.867 bits per heavy atom. The van der Waals surface area contributed by atoms with E-state index in [9.17, 15) is 0 Å². The van der Waals surface area contributed by atoms with Crippen molar-refractivity contribution in [1.82, 2.24) is 0 Å². The molecule has 0 aliphatic heterocycles. The van der Waals surface area contributed by atoms with Gasteiger partial charge in [0.25, 0.3) is 0 Å². The molecule has 92 valence electrons. The number of hydrogen-bond acceptors (Lipinski definition) is 1. The first-order chi connectivity index (χ1) is 6.98. The average molecular weight is 213 g/mol. The van der Waals surface area contributed by atoms with Crippen LogP contribution in [-0.4, -0.2) is 6.04 Å². The molecule has 1 nitrogen and oxygen atoms in total. The number of unbranched alkanes of at least 4 members (excludes halogenated alkanes) is 6. The fraction of sp³-hybridized carbons (Fsp3) is 1.00. The lowest BCUT2D eigenvalue weighted by atomic mass is 9.84. The maximum Gasteiger partial charge on any atom is 0.00876 e.